The first-order valence-corrected chi connectivity index (χ1v) is 8.33. The second-order valence-electron chi connectivity index (χ2n) is 5.16. The molecule has 1 aliphatic rings. The summed E-state index contributed by atoms with van der Waals surface area (Å²) in [7, 11) is -1.93. The highest BCUT2D eigenvalue weighted by Crippen LogP contribution is 2.31. The molecule has 2 rings (SSSR count). The second kappa shape index (κ2) is 6.11. The third-order valence-electron chi connectivity index (χ3n) is 3.64. The molecule has 6 heteroatoms. The lowest BCUT2D eigenvalue weighted by Crippen LogP contribution is -2.32. The summed E-state index contributed by atoms with van der Waals surface area (Å²) in [5, 5.41) is 3.30. The zero-order valence-electron chi connectivity index (χ0n) is 12.2. The van der Waals surface area contributed by atoms with Crippen LogP contribution in [0.4, 0.5) is 5.69 Å². The van der Waals surface area contributed by atoms with E-state index in [4.69, 9.17) is 4.74 Å². The maximum Gasteiger partial charge on any atom is 0.241 e. The number of sulfonamides is 1. The largest absolute Gasteiger partial charge is 0.385 e. The van der Waals surface area contributed by atoms with Gasteiger partial charge in [0, 0.05) is 25.9 Å². The van der Waals surface area contributed by atoms with Crippen molar-refractivity contribution in [2.75, 3.05) is 25.5 Å². The maximum atomic E-state index is 12.4. The van der Waals surface area contributed by atoms with E-state index >= 15 is 0 Å². The molecule has 1 unspecified atom stereocenters. The van der Waals surface area contributed by atoms with E-state index in [2.05, 4.69) is 10.0 Å². The molecule has 0 aliphatic carbocycles. The highest BCUT2D eigenvalue weighted by atomic mass is 32.2. The van der Waals surface area contributed by atoms with Crippen LogP contribution in [0.25, 0.3) is 0 Å². The molecular formula is C14H22N2O3S. The molecule has 1 aliphatic heterocycles. The summed E-state index contributed by atoms with van der Waals surface area (Å²) >= 11 is 0. The number of benzene rings is 1. The molecule has 1 aromatic rings. The first-order chi connectivity index (χ1) is 9.45. The summed E-state index contributed by atoms with van der Waals surface area (Å²) in [6, 6.07) is 3.55. The van der Waals surface area contributed by atoms with Crippen molar-refractivity contribution in [3.05, 3.63) is 23.3 Å². The molecule has 5 nitrogen and oxygen atoms in total. The van der Waals surface area contributed by atoms with Crippen molar-refractivity contribution in [2.24, 2.45) is 0 Å². The maximum absolute atomic E-state index is 12.4. The third-order valence-corrected chi connectivity index (χ3v) is 5.14. The zero-order chi connectivity index (χ0) is 14.8. The highest BCUT2D eigenvalue weighted by Gasteiger charge is 2.23. The number of anilines is 1. The van der Waals surface area contributed by atoms with Crippen LogP contribution in [0, 0.1) is 6.92 Å². The van der Waals surface area contributed by atoms with Crippen LogP contribution in [0.15, 0.2) is 17.0 Å². The van der Waals surface area contributed by atoms with Crippen molar-refractivity contribution in [3.63, 3.8) is 0 Å². The van der Waals surface area contributed by atoms with Gasteiger partial charge in [0.05, 0.1) is 11.0 Å². The number of ether oxygens (including phenoxy) is 1. The van der Waals surface area contributed by atoms with E-state index in [9.17, 15) is 8.42 Å². The number of methoxy groups -OCH3 is 1. The van der Waals surface area contributed by atoms with E-state index < -0.39 is 10.0 Å². The van der Waals surface area contributed by atoms with Crippen molar-refractivity contribution in [3.8, 4) is 0 Å². The first kappa shape index (κ1) is 15.3. The molecule has 0 bridgehead atoms. The molecule has 1 aromatic carbocycles. The number of aryl methyl sites for hydroxylation is 1. The van der Waals surface area contributed by atoms with Crippen LogP contribution in [0.2, 0.25) is 0 Å². The van der Waals surface area contributed by atoms with Gasteiger partial charge in [-0.05, 0) is 43.9 Å². The number of hydrogen-bond acceptors (Lipinski definition) is 4. The average Bonchev–Trinajstić information content (AvgIpc) is 2.45. The quantitative estimate of drug-likeness (QED) is 0.867. The van der Waals surface area contributed by atoms with Gasteiger partial charge in [-0.2, -0.15) is 0 Å². The Morgan fingerprint density at radius 1 is 1.45 bits per heavy atom. The summed E-state index contributed by atoms with van der Waals surface area (Å²) in [5.41, 5.74) is 2.96. The molecule has 20 heavy (non-hydrogen) atoms. The first-order valence-electron chi connectivity index (χ1n) is 6.84. The molecule has 0 radical (unpaired) electrons. The van der Waals surface area contributed by atoms with E-state index in [1.165, 1.54) is 0 Å². The number of nitrogens with one attached hydrogen (secondary N) is 2. The summed E-state index contributed by atoms with van der Waals surface area (Å²) in [4.78, 5) is 0.383. The van der Waals surface area contributed by atoms with Gasteiger partial charge in [0.25, 0.3) is 0 Å². The Balaban J connectivity index is 2.32. The SMILES string of the molecule is COC(C)CNS(=O)(=O)c1ccc(C)c2c1CCCN2. The lowest BCUT2D eigenvalue weighted by Gasteiger charge is -2.23. The van der Waals surface area contributed by atoms with Gasteiger partial charge in [0.1, 0.15) is 0 Å². The minimum Gasteiger partial charge on any atom is -0.385 e. The van der Waals surface area contributed by atoms with Gasteiger partial charge in [0.15, 0.2) is 0 Å². The summed E-state index contributed by atoms with van der Waals surface area (Å²) in [6.07, 6.45) is 1.59. The Hall–Kier alpha value is -1.11. The molecule has 0 saturated heterocycles. The Morgan fingerprint density at radius 3 is 2.90 bits per heavy atom. The lowest BCUT2D eigenvalue weighted by molar-refractivity contribution is 0.122. The summed E-state index contributed by atoms with van der Waals surface area (Å²) in [5.74, 6) is 0. The van der Waals surface area contributed by atoms with E-state index in [0.29, 0.717) is 4.90 Å². The van der Waals surface area contributed by atoms with E-state index in [1.54, 1.807) is 13.2 Å². The molecule has 1 atom stereocenters. The minimum atomic E-state index is -3.49. The molecule has 1 heterocycles. The normalized spacial score (nSPS) is 16.4. The van der Waals surface area contributed by atoms with Crippen LogP contribution in [0.3, 0.4) is 0 Å². The van der Waals surface area contributed by atoms with Crippen LogP contribution >= 0.6 is 0 Å². The van der Waals surface area contributed by atoms with Gasteiger partial charge in [0.2, 0.25) is 10.0 Å². The fourth-order valence-electron chi connectivity index (χ4n) is 2.36. The summed E-state index contributed by atoms with van der Waals surface area (Å²) < 4.78 is 32.6. The lowest BCUT2D eigenvalue weighted by atomic mass is 10.00. The van der Waals surface area contributed by atoms with Crippen LogP contribution in [-0.2, 0) is 21.2 Å². The Bertz CT molecular complexity index is 584. The van der Waals surface area contributed by atoms with E-state index in [0.717, 1.165) is 36.2 Å². The van der Waals surface area contributed by atoms with E-state index in [1.807, 2.05) is 19.9 Å². The van der Waals surface area contributed by atoms with Gasteiger partial charge >= 0.3 is 0 Å². The van der Waals surface area contributed by atoms with Gasteiger partial charge in [-0.1, -0.05) is 6.07 Å². The Labute approximate surface area is 120 Å². The Morgan fingerprint density at radius 2 is 2.20 bits per heavy atom. The molecule has 0 aromatic heterocycles. The van der Waals surface area contributed by atoms with Crippen LogP contribution in [-0.4, -0.2) is 34.7 Å². The van der Waals surface area contributed by atoms with Crippen molar-refractivity contribution < 1.29 is 13.2 Å². The molecule has 0 spiro atoms. The van der Waals surface area contributed by atoms with Crippen LogP contribution in [0.1, 0.15) is 24.5 Å². The predicted octanol–water partition coefficient (Wildman–Crippen LogP) is 1.67. The zero-order valence-corrected chi connectivity index (χ0v) is 13.0. The van der Waals surface area contributed by atoms with Gasteiger partial charge < -0.3 is 10.1 Å². The number of hydrogen-bond donors (Lipinski definition) is 2. The third kappa shape index (κ3) is 3.13. The Kier molecular flexibility index (Phi) is 4.67. The standard InChI is InChI=1S/C14H22N2O3S/c1-10-6-7-13(12-5-4-8-15-14(10)12)20(17,18)16-9-11(2)19-3/h6-7,11,15-16H,4-5,8-9H2,1-3H3. The highest BCUT2D eigenvalue weighted by molar-refractivity contribution is 7.89. The molecule has 0 amide bonds. The molecular weight excluding hydrogens is 276 g/mol. The molecule has 2 N–H and O–H groups in total. The molecule has 112 valence electrons. The van der Waals surface area contributed by atoms with Crippen LogP contribution < -0.4 is 10.0 Å². The predicted molar refractivity (Wildman–Crippen MR) is 79.6 cm³/mol. The number of rotatable bonds is 5. The molecule has 0 saturated carbocycles. The van der Waals surface area contributed by atoms with Crippen molar-refractivity contribution in [1.29, 1.82) is 0 Å². The smallest absolute Gasteiger partial charge is 0.241 e. The summed E-state index contributed by atoms with van der Waals surface area (Å²) in [6.45, 7) is 4.99. The van der Waals surface area contributed by atoms with E-state index in [-0.39, 0.29) is 12.6 Å². The second-order valence-corrected chi connectivity index (χ2v) is 6.90. The van der Waals surface area contributed by atoms with Crippen LogP contribution in [0.5, 0.6) is 0 Å². The van der Waals surface area contributed by atoms with Crippen molar-refractivity contribution >= 4 is 15.7 Å². The topological polar surface area (TPSA) is 67.4 Å². The fourth-order valence-corrected chi connectivity index (χ4v) is 3.74. The monoisotopic (exact) mass is 298 g/mol. The fraction of sp³-hybridized carbons (Fsp3) is 0.571. The number of fused-ring (bicyclic) bond motifs is 1. The van der Waals surface area contributed by atoms with Gasteiger partial charge in [-0.15, -0.1) is 0 Å². The molecule has 0 fully saturated rings. The average molecular weight is 298 g/mol. The van der Waals surface area contributed by atoms with Crippen molar-refractivity contribution in [2.45, 2.75) is 37.7 Å². The van der Waals surface area contributed by atoms with Gasteiger partial charge in [-0.25, -0.2) is 13.1 Å². The van der Waals surface area contributed by atoms with Gasteiger partial charge in [-0.3, -0.25) is 0 Å². The van der Waals surface area contributed by atoms with Crippen molar-refractivity contribution in [1.82, 2.24) is 4.72 Å². The minimum absolute atomic E-state index is 0.149.